The van der Waals surface area contributed by atoms with Gasteiger partial charge in [0.15, 0.2) is 0 Å². The molecule has 4 aromatic rings. The molecule has 4 aromatic carbocycles. The number of fused-ring (bicyclic) bond motifs is 8. The van der Waals surface area contributed by atoms with Crippen LogP contribution in [-0.4, -0.2) is 12.1 Å². The second-order valence-corrected chi connectivity index (χ2v) is 15.9. The fraction of sp³-hybridized carbons (Fsp3) is 0.250. The summed E-state index contributed by atoms with van der Waals surface area (Å²) in [5, 5.41) is 0. The highest BCUT2D eigenvalue weighted by molar-refractivity contribution is 5.96. The molecule has 2 atom stereocenters. The Kier molecular flexibility index (Phi) is 6.38. The lowest BCUT2D eigenvalue weighted by Crippen LogP contribution is -2.30. The Labute approximate surface area is 297 Å². The average molecular weight is 649 g/mol. The molecule has 0 radical (unpaired) electrons. The molecule has 1 aliphatic heterocycles. The highest BCUT2D eigenvalue weighted by Crippen LogP contribution is 2.55. The van der Waals surface area contributed by atoms with Gasteiger partial charge in [-0.15, -0.1) is 0 Å². The highest BCUT2D eigenvalue weighted by Gasteiger charge is 2.41. The van der Waals surface area contributed by atoms with E-state index in [4.69, 9.17) is 0 Å². The number of hydrogen-bond donors (Lipinski definition) is 0. The van der Waals surface area contributed by atoms with Crippen LogP contribution in [0.15, 0.2) is 139 Å². The molecule has 0 amide bonds. The van der Waals surface area contributed by atoms with Crippen LogP contribution < -0.4 is 9.80 Å². The van der Waals surface area contributed by atoms with Crippen molar-refractivity contribution in [2.45, 2.75) is 76.3 Å². The third-order valence-electron chi connectivity index (χ3n) is 12.5. The van der Waals surface area contributed by atoms with E-state index >= 15 is 0 Å². The zero-order valence-electron chi connectivity index (χ0n) is 29.6. The molecule has 0 fully saturated rings. The van der Waals surface area contributed by atoms with E-state index in [9.17, 15) is 0 Å². The van der Waals surface area contributed by atoms with E-state index < -0.39 is 0 Å². The van der Waals surface area contributed by atoms with E-state index in [1.54, 1.807) is 5.57 Å². The van der Waals surface area contributed by atoms with Gasteiger partial charge in [0.05, 0.1) is 17.8 Å². The number of benzene rings is 4. The molecule has 246 valence electrons. The fourth-order valence-corrected chi connectivity index (χ4v) is 10.0. The molecule has 0 saturated heterocycles. The Morgan fingerprint density at radius 3 is 2.28 bits per heavy atom. The highest BCUT2D eigenvalue weighted by atomic mass is 15.2. The molecule has 5 aliphatic carbocycles. The van der Waals surface area contributed by atoms with E-state index in [-0.39, 0.29) is 16.9 Å². The van der Waals surface area contributed by atoms with Crippen LogP contribution in [0.1, 0.15) is 81.2 Å². The largest absolute Gasteiger partial charge is 0.334 e. The summed E-state index contributed by atoms with van der Waals surface area (Å²) in [4.78, 5) is 5.23. The van der Waals surface area contributed by atoms with Crippen molar-refractivity contribution in [2.24, 2.45) is 0 Å². The first-order valence-electron chi connectivity index (χ1n) is 18.5. The maximum Gasteiger partial charge on any atom is 0.0632 e. The number of nitrogens with zero attached hydrogens (tertiary/aromatic N) is 2. The van der Waals surface area contributed by atoms with Gasteiger partial charge in [-0.2, -0.15) is 0 Å². The summed E-state index contributed by atoms with van der Waals surface area (Å²) in [7, 11) is 0. The Morgan fingerprint density at radius 1 is 0.660 bits per heavy atom. The van der Waals surface area contributed by atoms with Crippen molar-refractivity contribution in [1.29, 1.82) is 0 Å². The van der Waals surface area contributed by atoms with E-state index in [1.165, 1.54) is 72.8 Å². The van der Waals surface area contributed by atoms with Crippen LogP contribution in [0.4, 0.5) is 22.7 Å². The van der Waals surface area contributed by atoms with Crippen LogP contribution in [0, 0.1) is 0 Å². The second-order valence-electron chi connectivity index (χ2n) is 15.9. The minimum absolute atomic E-state index is 0.00573. The number of allylic oxidation sites excluding steroid dienone is 8. The van der Waals surface area contributed by atoms with Crippen molar-refractivity contribution >= 4 is 33.9 Å². The third-order valence-corrected chi connectivity index (χ3v) is 12.5. The minimum atomic E-state index is -0.0506. The maximum absolute atomic E-state index is 2.65. The topological polar surface area (TPSA) is 6.48 Å². The molecule has 0 aromatic heterocycles. The van der Waals surface area contributed by atoms with Gasteiger partial charge < -0.3 is 9.80 Å². The van der Waals surface area contributed by atoms with Crippen molar-refractivity contribution in [1.82, 2.24) is 0 Å². The molecule has 2 unspecified atom stereocenters. The quantitative estimate of drug-likeness (QED) is 0.217. The lowest BCUT2D eigenvalue weighted by molar-refractivity contribution is 0.651. The first-order valence-corrected chi connectivity index (χ1v) is 18.5. The molecule has 2 nitrogen and oxygen atoms in total. The van der Waals surface area contributed by atoms with Crippen molar-refractivity contribution in [3.05, 3.63) is 167 Å². The zero-order chi connectivity index (χ0) is 33.8. The smallest absolute Gasteiger partial charge is 0.0632 e. The molecule has 0 saturated carbocycles. The van der Waals surface area contributed by atoms with E-state index in [1.807, 2.05) is 0 Å². The maximum atomic E-state index is 2.65. The van der Waals surface area contributed by atoms with Gasteiger partial charge >= 0.3 is 0 Å². The van der Waals surface area contributed by atoms with Crippen LogP contribution in [0.25, 0.3) is 22.3 Å². The van der Waals surface area contributed by atoms with Crippen LogP contribution in [0.3, 0.4) is 0 Å². The van der Waals surface area contributed by atoms with Gasteiger partial charge in [0, 0.05) is 33.5 Å². The first kappa shape index (κ1) is 29.8. The summed E-state index contributed by atoms with van der Waals surface area (Å²) in [6.07, 6.45) is 25.0. The van der Waals surface area contributed by atoms with Crippen LogP contribution in [0.2, 0.25) is 0 Å². The van der Waals surface area contributed by atoms with Crippen molar-refractivity contribution in [3.8, 4) is 11.1 Å². The molecule has 1 heterocycles. The number of rotatable bonds is 4. The van der Waals surface area contributed by atoms with Crippen LogP contribution >= 0.6 is 0 Å². The molecule has 6 aliphatic rings. The van der Waals surface area contributed by atoms with Gasteiger partial charge in [0.2, 0.25) is 0 Å². The fourth-order valence-electron chi connectivity index (χ4n) is 10.0. The lowest BCUT2D eigenvalue weighted by Gasteiger charge is -2.35. The molecule has 0 bridgehead atoms. The van der Waals surface area contributed by atoms with E-state index in [2.05, 4.69) is 171 Å². The average Bonchev–Trinajstić information content (AvgIpc) is 3.69. The molecule has 10 rings (SSSR count). The van der Waals surface area contributed by atoms with E-state index in [0.29, 0.717) is 6.04 Å². The summed E-state index contributed by atoms with van der Waals surface area (Å²) >= 11 is 0. The number of hydrogen-bond acceptors (Lipinski definition) is 2. The summed E-state index contributed by atoms with van der Waals surface area (Å²) in [5.74, 6) is 0. The van der Waals surface area contributed by atoms with Gasteiger partial charge in [0.1, 0.15) is 0 Å². The molecular weight excluding hydrogens is 605 g/mol. The standard InChI is InChI=1S/C48H44N2/c1-47(2)41-19-11-8-16-35(41)37-25-22-32(28-43(37)47)49(31-14-6-5-7-15-31)34-24-27-40-39-18-10-13-21-45(39)50(46(40)30-34)33-23-26-38-36-17-9-12-20-42(36)48(3,4)44(38)29-33/h5-8,10-14,16,18-20,22-31,45H,9,15,17,21H2,1-4H3. The van der Waals surface area contributed by atoms with E-state index in [0.717, 1.165) is 25.7 Å². The van der Waals surface area contributed by atoms with Gasteiger partial charge in [0.25, 0.3) is 0 Å². The van der Waals surface area contributed by atoms with Crippen molar-refractivity contribution in [2.75, 3.05) is 9.80 Å². The molecule has 0 N–H and O–H groups in total. The van der Waals surface area contributed by atoms with Crippen molar-refractivity contribution in [3.63, 3.8) is 0 Å². The molecule has 0 spiro atoms. The first-order chi connectivity index (χ1) is 24.3. The number of anilines is 4. The van der Waals surface area contributed by atoms with Crippen molar-refractivity contribution < 1.29 is 0 Å². The summed E-state index contributed by atoms with van der Waals surface area (Å²) in [6, 6.07) is 31.3. The summed E-state index contributed by atoms with van der Waals surface area (Å²) < 4.78 is 0. The predicted octanol–water partition coefficient (Wildman–Crippen LogP) is 12.3. The van der Waals surface area contributed by atoms with Gasteiger partial charge in [-0.3, -0.25) is 0 Å². The monoisotopic (exact) mass is 648 g/mol. The normalized spacial score (nSPS) is 22.5. The Bertz CT molecular complexity index is 2300. The summed E-state index contributed by atoms with van der Waals surface area (Å²) in [6.45, 7) is 9.59. The minimum Gasteiger partial charge on any atom is -0.334 e. The molecular formula is C48H44N2. The Balaban J connectivity index is 1.11. The van der Waals surface area contributed by atoms with Gasteiger partial charge in [-0.1, -0.05) is 125 Å². The van der Waals surface area contributed by atoms with Gasteiger partial charge in [-0.25, -0.2) is 0 Å². The molecule has 2 heteroatoms. The van der Waals surface area contributed by atoms with Crippen LogP contribution in [-0.2, 0) is 10.8 Å². The molecule has 50 heavy (non-hydrogen) atoms. The summed E-state index contributed by atoms with van der Waals surface area (Å²) in [5.41, 5.74) is 19.4. The Hall–Kier alpha value is -5.08. The lowest BCUT2D eigenvalue weighted by atomic mass is 9.80. The Morgan fingerprint density at radius 2 is 1.42 bits per heavy atom. The third kappa shape index (κ3) is 4.14. The zero-order valence-corrected chi connectivity index (χ0v) is 29.6. The SMILES string of the molecule is CC1(C)C2=C(CCC=C2)c2ccc(N3c4cc(N(c5ccc6c(c5)C(C)(C)c5ccccc5-6)C5C=CC=CC5)ccc4C4=CC=CCC43)cc21. The predicted molar refractivity (Wildman–Crippen MR) is 212 cm³/mol. The van der Waals surface area contributed by atoms with Crippen LogP contribution in [0.5, 0.6) is 0 Å². The van der Waals surface area contributed by atoms with Gasteiger partial charge in [-0.05, 0) is 112 Å². The second kappa shape index (κ2) is 10.7.